The summed E-state index contributed by atoms with van der Waals surface area (Å²) in [4.78, 5) is 13.2. The summed E-state index contributed by atoms with van der Waals surface area (Å²) in [5.74, 6) is -0.661. The summed E-state index contributed by atoms with van der Waals surface area (Å²) in [6.07, 6.45) is 1.09. The van der Waals surface area contributed by atoms with Crippen molar-refractivity contribution in [1.82, 2.24) is 13.9 Å². The van der Waals surface area contributed by atoms with Crippen LogP contribution < -0.4 is 0 Å². The Morgan fingerprint density at radius 2 is 2.07 bits per heavy atom. The highest BCUT2D eigenvalue weighted by Gasteiger charge is 2.33. The average molecular weight is 234 g/mol. The fraction of sp³-hybridized carbons (Fsp3) is 0.500. The summed E-state index contributed by atoms with van der Waals surface area (Å²) < 4.78 is 25.4. The molecule has 0 aliphatic heterocycles. The van der Waals surface area contributed by atoms with Gasteiger partial charge in [-0.05, 0) is 9.91 Å². The molecule has 0 spiro atoms. The van der Waals surface area contributed by atoms with Crippen LogP contribution in [0.1, 0.15) is 0 Å². The molecule has 1 aromatic rings. The van der Waals surface area contributed by atoms with Gasteiger partial charge in [-0.15, -0.1) is 0 Å². The predicted octanol–water partition coefficient (Wildman–Crippen LogP) is -0.421. The van der Waals surface area contributed by atoms with E-state index in [1.165, 1.54) is 21.1 Å². The Balaban J connectivity index is 3.50. The molecule has 8 nitrogen and oxygen atoms in total. The monoisotopic (exact) mass is 234 g/mol. The molecule has 0 aromatic carbocycles. The molecule has 0 aliphatic rings. The van der Waals surface area contributed by atoms with Crippen molar-refractivity contribution < 1.29 is 13.3 Å². The highest BCUT2D eigenvalue weighted by atomic mass is 32.2. The van der Waals surface area contributed by atoms with Crippen LogP contribution in [0, 0.1) is 10.1 Å². The second-order valence-electron chi connectivity index (χ2n) is 3.03. The maximum atomic E-state index is 11.7. The van der Waals surface area contributed by atoms with Gasteiger partial charge >= 0.3 is 5.82 Å². The van der Waals surface area contributed by atoms with Gasteiger partial charge in [-0.2, -0.15) is 0 Å². The van der Waals surface area contributed by atoms with E-state index in [4.69, 9.17) is 0 Å². The second-order valence-corrected chi connectivity index (χ2v) is 5.10. The fourth-order valence-electron chi connectivity index (χ4n) is 1.00. The minimum Gasteiger partial charge on any atom is -0.358 e. The number of aryl methyl sites for hydroxylation is 1. The Bertz CT molecular complexity index is 489. The lowest BCUT2D eigenvalue weighted by Gasteiger charge is -2.10. The quantitative estimate of drug-likeness (QED) is 0.522. The van der Waals surface area contributed by atoms with Gasteiger partial charge < -0.3 is 10.1 Å². The first-order chi connectivity index (χ1) is 6.78. The number of rotatable bonds is 3. The molecule has 1 aromatic heterocycles. The van der Waals surface area contributed by atoms with E-state index in [0.29, 0.717) is 0 Å². The normalized spacial score (nSPS) is 12.0. The van der Waals surface area contributed by atoms with Crippen LogP contribution in [-0.4, -0.2) is 41.3 Å². The van der Waals surface area contributed by atoms with Crippen molar-refractivity contribution in [3.8, 4) is 0 Å². The van der Waals surface area contributed by atoms with E-state index in [9.17, 15) is 18.5 Å². The summed E-state index contributed by atoms with van der Waals surface area (Å²) in [5.41, 5.74) is 0. The molecule has 0 saturated heterocycles. The summed E-state index contributed by atoms with van der Waals surface area (Å²) in [5, 5.41) is 10.1. The molecule has 0 fully saturated rings. The van der Waals surface area contributed by atoms with Crippen molar-refractivity contribution in [3.63, 3.8) is 0 Å². The Morgan fingerprint density at radius 3 is 2.47 bits per heavy atom. The summed E-state index contributed by atoms with van der Waals surface area (Å²) in [7, 11) is 0.133. The number of hydrogen-bond acceptors (Lipinski definition) is 5. The largest absolute Gasteiger partial charge is 0.402 e. The van der Waals surface area contributed by atoms with Gasteiger partial charge in [-0.1, -0.05) is 0 Å². The molecule has 84 valence electrons. The van der Waals surface area contributed by atoms with Crippen LogP contribution in [0.3, 0.4) is 0 Å². The first kappa shape index (κ1) is 11.6. The molecular formula is C6H10N4O4S. The summed E-state index contributed by atoms with van der Waals surface area (Å²) in [6, 6.07) is 0. The highest BCUT2D eigenvalue weighted by molar-refractivity contribution is 7.89. The van der Waals surface area contributed by atoms with Gasteiger partial charge in [-0.25, -0.2) is 12.7 Å². The van der Waals surface area contributed by atoms with Gasteiger partial charge in [0.2, 0.25) is 6.33 Å². The predicted molar refractivity (Wildman–Crippen MR) is 50.7 cm³/mol. The number of nitrogens with zero attached hydrogens (tertiary/aromatic N) is 4. The van der Waals surface area contributed by atoms with Crippen molar-refractivity contribution in [3.05, 3.63) is 16.4 Å². The van der Waals surface area contributed by atoms with Crippen molar-refractivity contribution in [2.45, 2.75) is 5.03 Å². The first-order valence-electron chi connectivity index (χ1n) is 3.86. The molecule has 0 aliphatic carbocycles. The zero-order valence-electron chi connectivity index (χ0n) is 8.41. The van der Waals surface area contributed by atoms with E-state index >= 15 is 0 Å². The van der Waals surface area contributed by atoms with E-state index < -0.39 is 25.8 Å². The average Bonchev–Trinajstić information content (AvgIpc) is 2.47. The van der Waals surface area contributed by atoms with Crippen molar-refractivity contribution in [1.29, 1.82) is 0 Å². The van der Waals surface area contributed by atoms with Crippen LogP contribution in [0.15, 0.2) is 11.4 Å². The maximum absolute atomic E-state index is 11.7. The number of hydrogen-bond donors (Lipinski definition) is 0. The molecule has 0 radical (unpaired) electrons. The molecule has 0 amide bonds. The van der Waals surface area contributed by atoms with Crippen LogP contribution in [0.2, 0.25) is 0 Å². The van der Waals surface area contributed by atoms with Gasteiger partial charge in [0, 0.05) is 21.1 Å². The Morgan fingerprint density at radius 1 is 1.53 bits per heavy atom. The number of sulfonamides is 1. The number of aromatic nitrogens is 2. The van der Waals surface area contributed by atoms with E-state index in [-0.39, 0.29) is 0 Å². The lowest BCUT2D eigenvalue weighted by Crippen LogP contribution is -2.25. The topological polar surface area (TPSA) is 98.3 Å². The molecular weight excluding hydrogens is 224 g/mol. The third-order valence-corrected chi connectivity index (χ3v) is 3.68. The zero-order valence-corrected chi connectivity index (χ0v) is 9.22. The van der Waals surface area contributed by atoms with E-state index in [1.807, 2.05) is 0 Å². The van der Waals surface area contributed by atoms with E-state index in [2.05, 4.69) is 4.98 Å². The van der Waals surface area contributed by atoms with Crippen molar-refractivity contribution in [2.24, 2.45) is 7.05 Å². The Hall–Kier alpha value is -1.48. The molecule has 0 atom stereocenters. The molecule has 1 rings (SSSR count). The summed E-state index contributed by atoms with van der Waals surface area (Å²) >= 11 is 0. The van der Waals surface area contributed by atoms with Gasteiger partial charge in [-0.3, -0.25) is 4.57 Å². The smallest absolute Gasteiger partial charge is 0.358 e. The third-order valence-electron chi connectivity index (χ3n) is 1.76. The van der Waals surface area contributed by atoms with Crippen LogP contribution >= 0.6 is 0 Å². The molecule has 1 heterocycles. The van der Waals surface area contributed by atoms with Crippen molar-refractivity contribution in [2.75, 3.05) is 14.1 Å². The third kappa shape index (κ3) is 1.83. The maximum Gasteiger partial charge on any atom is 0.402 e. The lowest BCUT2D eigenvalue weighted by molar-refractivity contribution is -0.392. The summed E-state index contributed by atoms with van der Waals surface area (Å²) in [6.45, 7) is 0. The van der Waals surface area contributed by atoms with Crippen molar-refractivity contribution >= 4 is 15.8 Å². The lowest BCUT2D eigenvalue weighted by atomic mass is 10.8. The zero-order chi connectivity index (χ0) is 11.8. The molecule has 15 heavy (non-hydrogen) atoms. The van der Waals surface area contributed by atoms with Gasteiger partial charge in [0.25, 0.3) is 15.0 Å². The molecule has 0 unspecified atom stereocenters. The Kier molecular flexibility index (Phi) is 2.77. The molecule has 0 N–H and O–H groups in total. The number of nitro groups is 1. The van der Waals surface area contributed by atoms with Crippen LogP contribution in [0.4, 0.5) is 5.82 Å². The molecule has 0 bridgehead atoms. The van der Waals surface area contributed by atoms with E-state index in [1.54, 1.807) is 0 Å². The molecule has 0 saturated carbocycles. The second kappa shape index (κ2) is 3.59. The van der Waals surface area contributed by atoms with Crippen LogP contribution in [-0.2, 0) is 17.1 Å². The van der Waals surface area contributed by atoms with E-state index in [0.717, 1.165) is 15.2 Å². The van der Waals surface area contributed by atoms with Crippen LogP contribution in [0.25, 0.3) is 0 Å². The molecule has 9 heteroatoms. The van der Waals surface area contributed by atoms with Gasteiger partial charge in [0.05, 0.1) is 0 Å². The first-order valence-corrected chi connectivity index (χ1v) is 5.30. The minimum absolute atomic E-state index is 0.419. The van der Waals surface area contributed by atoms with Gasteiger partial charge in [0.15, 0.2) is 0 Å². The SMILES string of the molecule is CN(C)S(=O)(=O)c1c([N+](=O)[O-])ncn1C. The Labute approximate surface area is 86.3 Å². The number of imidazole rings is 1. The standard InChI is InChI=1S/C6H10N4O4S/c1-8(2)15(13,14)6-5(10(11)12)7-4-9(6)3/h4H,1-3H3. The van der Waals surface area contributed by atoms with Gasteiger partial charge in [0.1, 0.15) is 0 Å². The highest BCUT2D eigenvalue weighted by Crippen LogP contribution is 2.22. The van der Waals surface area contributed by atoms with Crippen LogP contribution in [0.5, 0.6) is 0 Å². The fourth-order valence-corrected chi connectivity index (χ4v) is 2.12. The minimum atomic E-state index is -3.85.